The summed E-state index contributed by atoms with van der Waals surface area (Å²) in [5, 5.41) is 14.5. The number of allylic oxidation sites excluding steroid dienone is 2. The maximum atomic E-state index is 14.5. The van der Waals surface area contributed by atoms with Gasteiger partial charge in [-0.2, -0.15) is 15.3 Å². The molecule has 0 spiro atoms. The van der Waals surface area contributed by atoms with E-state index in [0.29, 0.717) is 24.7 Å². The van der Waals surface area contributed by atoms with Gasteiger partial charge in [-0.15, -0.1) is 0 Å². The van der Waals surface area contributed by atoms with Crippen molar-refractivity contribution in [1.29, 1.82) is 0 Å². The summed E-state index contributed by atoms with van der Waals surface area (Å²) in [6.07, 6.45) is 5.07. The number of benzene rings is 1. The number of carbonyl (C=O) groups excluding carboxylic acids is 1. The fourth-order valence-corrected chi connectivity index (χ4v) is 5.30. The molecular weight excluding hydrogens is 448 g/mol. The van der Waals surface area contributed by atoms with Gasteiger partial charge in [0.1, 0.15) is 17.3 Å². The zero-order valence-electron chi connectivity index (χ0n) is 21.2. The Morgan fingerprint density at radius 2 is 1.97 bits per heavy atom. The van der Waals surface area contributed by atoms with Crippen LogP contribution in [-0.4, -0.2) is 41.1 Å². The Hall–Kier alpha value is -3.16. The predicted molar refractivity (Wildman–Crippen MR) is 134 cm³/mol. The van der Waals surface area contributed by atoms with E-state index in [1.165, 1.54) is 25.2 Å². The van der Waals surface area contributed by atoms with Gasteiger partial charge in [-0.3, -0.25) is 9.89 Å². The van der Waals surface area contributed by atoms with Crippen LogP contribution in [0.2, 0.25) is 0 Å². The summed E-state index contributed by atoms with van der Waals surface area (Å²) in [6, 6.07) is 5.43. The summed E-state index contributed by atoms with van der Waals surface area (Å²) in [7, 11) is 1.47. The minimum absolute atomic E-state index is 0.0743. The minimum atomic E-state index is -0.686. The summed E-state index contributed by atoms with van der Waals surface area (Å²) in [5.74, 6) is -0.783. The lowest BCUT2D eigenvalue weighted by Crippen LogP contribution is -2.46. The van der Waals surface area contributed by atoms with Gasteiger partial charge in [0.2, 0.25) is 0 Å². The van der Waals surface area contributed by atoms with E-state index in [0.717, 1.165) is 18.4 Å². The summed E-state index contributed by atoms with van der Waals surface area (Å²) in [4.78, 5) is 14.7. The Bertz CT molecular complexity index is 1090. The van der Waals surface area contributed by atoms with Crippen LogP contribution < -0.4 is 0 Å². The largest absolute Gasteiger partial charge is 0.337 e. The molecule has 188 valence electrons. The second-order valence-electron chi connectivity index (χ2n) is 9.80. The third kappa shape index (κ3) is 5.57. The highest BCUT2D eigenvalue weighted by molar-refractivity contribution is 5.92. The molecule has 1 heterocycles. The lowest BCUT2D eigenvalue weighted by Gasteiger charge is -2.49. The van der Waals surface area contributed by atoms with Crippen molar-refractivity contribution in [3.05, 3.63) is 71.6 Å². The van der Waals surface area contributed by atoms with Gasteiger partial charge in [0.15, 0.2) is 0 Å². The summed E-state index contributed by atoms with van der Waals surface area (Å²) >= 11 is 0. The fraction of sp³-hybridized carbons (Fsp3) is 0.481. The molecule has 1 aliphatic carbocycles. The van der Waals surface area contributed by atoms with E-state index in [-0.39, 0.29) is 34.4 Å². The molecule has 0 saturated heterocycles. The minimum Gasteiger partial charge on any atom is -0.337 e. The monoisotopic (exact) mass is 483 g/mol. The molecule has 6 nitrogen and oxygen atoms in total. The standard InChI is InChI=1S/C27H35F2N5O/c1-7-34(26(35)23-13-14-31-33-23)16-19-11-12-20(27(4,5)18(19)3)17(2)15-24(32-30-6)25-21(28)9-8-10-22(25)29/h8-10,13-15,18-20H,2,7,11-12,16H2,1,3-6H3,(H,31,33)/b24-15-,32-30-/t18-,19+,20+/m1/s1. The van der Waals surface area contributed by atoms with E-state index in [9.17, 15) is 13.6 Å². The third-order valence-electron chi connectivity index (χ3n) is 7.64. The van der Waals surface area contributed by atoms with Gasteiger partial charge in [-0.05, 0) is 72.8 Å². The number of hydrogen-bond donors (Lipinski definition) is 1. The van der Waals surface area contributed by atoms with Crippen LogP contribution in [0.1, 0.15) is 56.6 Å². The number of aromatic nitrogens is 2. The van der Waals surface area contributed by atoms with E-state index in [2.05, 4.69) is 47.8 Å². The summed E-state index contributed by atoms with van der Waals surface area (Å²) < 4.78 is 28.9. The van der Waals surface area contributed by atoms with Gasteiger partial charge in [0.05, 0.1) is 11.3 Å². The number of aromatic amines is 1. The third-order valence-corrected chi connectivity index (χ3v) is 7.64. The van der Waals surface area contributed by atoms with Gasteiger partial charge in [0.25, 0.3) is 5.91 Å². The molecule has 35 heavy (non-hydrogen) atoms. The number of carbonyl (C=O) groups is 1. The van der Waals surface area contributed by atoms with Crippen molar-refractivity contribution in [1.82, 2.24) is 15.1 Å². The molecule has 3 rings (SSSR count). The number of azo groups is 1. The Labute approximate surface area is 206 Å². The molecule has 0 bridgehead atoms. The van der Waals surface area contributed by atoms with E-state index >= 15 is 0 Å². The van der Waals surface area contributed by atoms with Crippen LogP contribution in [-0.2, 0) is 0 Å². The van der Waals surface area contributed by atoms with Crippen LogP contribution in [0.25, 0.3) is 5.70 Å². The smallest absolute Gasteiger partial charge is 0.274 e. The first-order valence-corrected chi connectivity index (χ1v) is 12.1. The lowest BCUT2D eigenvalue weighted by atomic mass is 9.57. The molecule has 8 heteroatoms. The highest BCUT2D eigenvalue weighted by Gasteiger charge is 2.44. The summed E-state index contributed by atoms with van der Waals surface area (Å²) in [5.41, 5.74) is 0.956. The SMILES string of the molecule is C=C(/C=C(\N=N/C)c1c(F)cccc1F)[C@@H]1CC[C@@H](CN(CC)C(=O)c2cc[nH]n2)[C@@H](C)C1(C)C. The quantitative estimate of drug-likeness (QED) is 0.343. The molecule has 0 unspecified atom stereocenters. The topological polar surface area (TPSA) is 73.7 Å². The fourth-order valence-electron chi connectivity index (χ4n) is 5.30. The van der Waals surface area contributed by atoms with E-state index in [1.807, 2.05) is 11.8 Å². The number of halogens is 2. The zero-order chi connectivity index (χ0) is 25.8. The van der Waals surface area contributed by atoms with E-state index < -0.39 is 11.6 Å². The zero-order valence-corrected chi connectivity index (χ0v) is 21.2. The molecule has 0 aliphatic heterocycles. The van der Waals surface area contributed by atoms with Crippen molar-refractivity contribution in [2.75, 3.05) is 20.1 Å². The molecule has 1 N–H and O–H groups in total. The second kappa shape index (κ2) is 11.1. The highest BCUT2D eigenvalue weighted by Crippen LogP contribution is 2.51. The Morgan fingerprint density at radius 1 is 1.29 bits per heavy atom. The lowest BCUT2D eigenvalue weighted by molar-refractivity contribution is 0.0238. The van der Waals surface area contributed by atoms with Gasteiger partial charge in [-0.1, -0.05) is 33.4 Å². The van der Waals surface area contributed by atoms with Gasteiger partial charge >= 0.3 is 0 Å². The molecule has 1 saturated carbocycles. The molecule has 0 radical (unpaired) electrons. The van der Waals surface area contributed by atoms with Crippen molar-refractivity contribution < 1.29 is 13.6 Å². The molecule has 2 aromatic rings. The van der Waals surface area contributed by atoms with Gasteiger partial charge < -0.3 is 4.90 Å². The number of H-pyrrole nitrogens is 1. The normalized spacial score (nSPS) is 22.4. The predicted octanol–water partition coefficient (Wildman–Crippen LogP) is 6.52. The van der Waals surface area contributed by atoms with Crippen molar-refractivity contribution in [2.24, 2.45) is 33.4 Å². The van der Waals surface area contributed by atoms with Crippen LogP contribution >= 0.6 is 0 Å². The molecule has 1 aromatic carbocycles. The first-order chi connectivity index (χ1) is 16.6. The number of nitrogens with zero attached hydrogens (tertiary/aromatic N) is 4. The average Bonchev–Trinajstić information content (AvgIpc) is 3.34. The van der Waals surface area contributed by atoms with Crippen molar-refractivity contribution in [3.63, 3.8) is 0 Å². The molecule has 3 atom stereocenters. The van der Waals surface area contributed by atoms with Gasteiger partial charge in [-0.25, -0.2) is 8.78 Å². The first kappa shape index (κ1) is 26.4. The van der Waals surface area contributed by atoms with Crippen molar-refractivity contribution in [3.8, 4) is 0 Å². The first-order valence-electron chi connectivity index (χ1n) is 12.1. The summed E-state index contributed by atoms with van der Waals surface area (Å²) in [6.45, 7) is 14.1. The highest BCUT2D eigenvalue weighted by atomic mass is 19.1. The Morgan fingerprint density at radius 3 is 2.54 bits per heavy atom. The molecule has 1 aliphatic rings. The van der Waals surface area contributed by atoms with Crippen LogP contribution in [0, 0.1) is 34.8 Å². The van der Waals surface area contributed by atoms with E-state index in [4.69, 9.17) is 0 Å². The maximum Gasteiger partial charge on any atom is 0.274 e. The number of nitrogens with one attached hydrogen (secondary N) is 1. The van der Waals surface area contributed by atoms with Crippen molar-refractivity contribution >= 4 is 11.6 Å². The van der Waals surface area contributed by atoms with Gasteiger partial charge in [0, 0.05) is 26.3 Å². The van der Waals surface area contributed by atoms with Crippen LogP contribution in [0.15, 0.2) is 58.9 Å². The second-order valence-corrected chi connectivity index (χ2v) is 9.80. The van der Waals surface area contributed by atoms with Crippen molar-refractivity contribution in [2.45, 2.75) is 40.5 Å². The maximum absolute atomic E-state index is 14.5. The van der Waals surface area contributed by atoms with Crippen LogP contribution in [0.3, 0.4) is 0 Å². The number of hydrogen-bond acceptors (Lipinski definition) is 4. The average molecular weight is 484 g/mol. The molecule has 1 aromatic heterocycles. The Balaban J connectivity index is 1.81. The Kier molecular flexibility index (Phi) is 8.35. The molecule has 1 fully saturated rings. The number of rotatable bonds is 8. The van der Waals surface area contributed by atoms with Crippen LogP contribution in [0.5, 0.6) is 0 Å². The molecule has 1 amide bonds. The van der Waals surface area contributed by atoms with E-state index in [1.54, 1.807) is 18.3 Å². The number of amides is 1. The molecular formula is C27H35F2N5O. The van der Waals surface area contributed by atoms with Crippen LogP contribution in [0.4, 0.5) is 8.78 Å².